The summed E-state index contributed by atoms with van der Waals surface area (Å²) in [6.07, 6.45) is 2.82. The lowest BCUT2D eigenvalue weighted by Crippen LogP contribution is -2.40. The highest BCUT2D eigenvalue weighted by Gasteiger charge is 2.25. The number of hydrogen-bond donors (Lipinski definition) is 4. The Bertz CT molecular complexity index is 1440. The Labute approximate surface area is 207 Å². The maximum absolute atomic E-state index is 13.3. The molecule has 2 aromatic heterocycles. The van der Waals surface area contributed by atoms with Crippen LogP contribution >= 0.6 is 0 Å². The maximum Gasteiger partial charge on any atom is 0.267 e. The molecule has 3 aromatic rings. The third-order valence-electron chi connectivity index (χ3n) is 5.54. The van der Waals surface area contributed by atoms with Gasteiger partial charge in [-0.3, -0.25) is 14.6 Å². The Morgan fingerprint density at radius 2 is 1.86 bits per heavy atom. The fourth-order valence-corrected chi connectivity index (χ4v) is 3.98. The monoisotopic (exact) mass is 520 g/mol. The minimum Gasteiger partial charge on any atom is -0.505 e. The van der Waals surface area contributed by atoms with Crippen molar-refractivity contribution in [3.8, 4) is 5.75 Å². The number of amides is 1. The third-order valence-corrected chi connectivity index (χ3v) is 6.27. The van der Waals surface area contributed by atoms with Crippen molar-refractivity contribution in [3.63, 3.8) is 0 Å². The number of carbonyl (C=O) groups is 1. The molecule has 0 saturated heterocycles. The lowest BCUT2D eigenvalue weighted by Gasteiger charge is -2.22. The highest BCUT2D eigenvalue weighted by Crippen LogP contribution is 2.26. The quantitative estimate of drug-likeness (QED) is 0.313. The molecule has 0 saturated carbocycles. The standard InChI is InChI=1S/C24H29FN4O6S/c1-24(2,14-30)13-27-22(32)19-21(31)20-18(29(23(19)33)9-8-28-36(3,34)35)11-16(12-26-20)10-15-4-6-17(25)7-5-15/h4-7,11-12,28,30-31H,8-10,13-14H2,1-3H3,(H,27,32). The average Bonchev–Trinajstić information content (AvgIpc) is 2.81. The highest BCUT2D eigenvalue weighted by atomic mass is 32.2. The maximum atomic E-state index is 13.3. The van der Waals surface area contributed by atoms with Gasteiger partial charge in [0.2, 0.25) is 10.0 Å². The van der Waals surface area contributed by atoms with Gasteiger partial charge in [0.1, 0.15) is 16.9 Å². The van der Waals surface area contributed by atoms with Crippen molar-refractivity contribution in [2.45, 2.75) is 26.8 Å². The van der Waals surface area contributed by atoms with Crippen LogP contribution in [0.2, 0.25) is 0 Å². The molecule has 0 atom stereocenters. The van der Waals surface area contributed by atoms with Crippen molar-refractivity contribution in [1.29, 1.82) is 0 Å². The van der Waals surface area contributed by atoms with Crippen molar-refractivity contribution in [2.75, 3.05) is 26.0 Å². The summed E-state index contributed by atoms with van der Waals surface area (Å²) in [6, 6.07) is 7.49. The number of halogens is 1. The summed E-state index contributed by atoms with van der Waals surface area (Å²) in [5.41, 5.74) is -0.377. The summed E-state index contributed by atoms with van der Waals surface area (Å²) in [7, 11) is -3.54. The first kappa shape index (κ1) is 27.2. The van der Waals surface area contributed by atoms with Gasteiger partial charge in [0, 0.05) is 37.9 Å². The molecule has 0 unspecified atom stereocenters. The second kappa shape index (κ2) is 10.7. The zero-order valence-electron chi connectivity index (χ0n) is 20.2. The second-order valence-corrected chi connectivity index (χ2v) is 11.2. The first-order chi connectivity index (χ1) is 16.8. The zero-order valence-corrected chi connectivity index (χ0v) is 21.0. The van der Waals surface area contributed by atoms with Crippen LogP contribution in [0, 0.1) is 11.2 Å². The third kappa shape index (κ3) is 6.65. The van der Waals surface area contributed by atoms with Gasteiger partial charge in [0.25, 0.3) is 11.5 Å². The Hall–Kier alpha value is -3.35. The minimum atomic E-state index is -3.54. The van der Waals surface area contributed by atoms with Gasteiger partial charge >= 0.3 is 0 Å². The molecule has 10 nitrogen and oxygen atoms in total. The number of aliphatic hydroxyl groups excluding tert-OH is 1. The Kier molecular flexibility index (Phi) is 8.12. The molecule has 0 aliphatic rings. The van der Waals surface area contributed by atoms with Gasteiger partial charge < -0.3 is 20.1 Å². The number of pyridine rings is 2. The zero-order chi connectivity index (χ0) is 26.7. The van der Waals surface area contributed by atoms with Crippen LogP contribution in [0.3, 0.4) is 0 Å². The van der Waals surface area contributed by atoms with Gasteiger partial charge in [-0.05, 0) is 35.7 Å². The van der Waals surface area contributed by atoms with E-state index in [1.807, 2.05) is 0 Å². The van der Waals surface area contributed by atoms with Crippen LogP contribution in [0.5, 0.6) is 5.75 Å². The van der Waals surface area contributed by atoms with Crippen LogP contribution in [0.25, 0.3) is 11.0 Å². The summed E-state index contributed by atoms with van der Waals surface area (Å²) >= 11 is 0. The Balaban J connectivity index is 2.08. The van der Waals surface area contributed by atoms with Crippen molar-refractivity contribution in [3.05, 3.63) is 69.4 Å². The Morgan fingerprint density at radius 1 is 1.19 bits per heavy atom. The van der Waals surface area contributed by atoms with E-state index >= 15 is 0 Å². The van der Waals surface area contributed by atoms with E-state index in [-0.39, 0.29) is 43.1 Å². The molecule has 0 aliphatic heterocycles. The van der Waals surface area contributed by atoms with Crippen LogP contribution in [-0.4, -0.2) is 60.0 Å². The lowest BCUT2D eigenvalue weighted by atomic mass is 9.95. The van der Waals surface area contributed by atoms with Gasteiger partial charge in [0.05, 0.1) is 11.8 Å². The number of nitrogens with zero attached hydrogens (tertiary/aromatic N) is 2. The van der Waals surface area contributed by atoms with Crippen molar-refractivity contribution in [1.82, 2.24) is 19.6 Å². The molecule has 3 rings (SSSR count). The summed E-state index contributed by atoms with van der Waals surface area (Å²) in [6.45, 7) is 2.99. The van der Waals surface area contributed by atoms with Gasteiger partial charge in [-0.1, -0.05) is 26.0 Å². The molecule has 2 heterocycles. The molecule has 0 aliphatic carbocycles. The average molecular weight is 521 g/mol. The number of fused-ring (bicyclic) bond motifs is 1. The normalized spacial score (nSPS) is 12.1. The van der Waals surface area contributed by atoms with E-state index in [1.54, 1.807) is 32.0 Å². The predicted molar refractivity (Wildman–Crippen MR) is 133 cm³/mol. The first-order valence-electron chi connectivity index (χ1n) is 11.1. The van der Waals surface area contributed by atoms with E-state index in [0.29, 0.717) is 12.0 Å². The summed E-state index contributed by atoms with van der Waals surface area (Å²) in [5.74, 6) is -1.82. The Morgan fingerprint density at radius 3 is 2.47 bits per heavy atom. The number of aromatic nitrogens is 2. The van der Waals surface area contributed by atoms with Crippen LogP contribution in [0.4, 0.5) is 4.39 Å². The van der Waals surface area contributed by atoms with Crippen molar-refractivity contribution >= 4 is 27.0 Å². The van der Waals surface area contributed by atoms with Crippen LogP contribution in [0.15, 0.2) is 41.3 Å². The molecule has 12 heteroatoms. The molecule has 1 amide bonds. The van der Waals surface area contributed by atoms with Gasteiger partial charge in [-0.25, -0.2) is 17.5 Å². The molecule has 0 spiro atoms. The van der Waals surface area contributed by atoms with Crippen LogP contribution in [-0.2, 0) is 23.0 Å². The highest BCUT2D eigenvalue weighted by molar-refractivity contribution is 7.88. The van der Waals surface area contributed by atoms with E-state index < -0.39 is 38.2 Å². The van der Waals surface area contributed by atoms with E-state index in [4.69, 9.17) is 0 Å². The van der Waals surface area contributed by atoms with Crippen LogP contribution in [0.1, 0.15) is 35.3 Å². The largest absolute Gasteiger partial charge is 0.505 e. The molecular weight excluding hydrogens is 491 g/mol. The van der Waals surface area contributed by atoms with Gasteiger partial charge in [-0.2, -0.15) is 0 Å². The summed E-state index contributed by atoms with van der Waals surface area (Å²) < 4.78 is 39.8. The number of rotatable bonds is 10. The number of aliphatic hydroxyl groups is 1. The molecule has 0 bridgehead atoms. The smallest absolute Gasteiger partial charge is 0.267 e. The molecule has 4 N–H and O–H groups in total. The van der Waals surface area contributed by atoms with Crippen molar-refractivity contribution in [2.24, 2.45) is 5.41 Å². The molecular formula is C24H29FN4O6S. The van der Waals surface area contributed by atoms with E-state index in [2.05, 4.69) is 15.0 Å². The summed E-state index contributed by atoms with van der Waals surface area (Å²) in [4.78, 5) is 30.5. The number of aromatic hydroxyl groups is 1. The number of sulfonamides is 1. The van der Waals surface area contributed by atoms with Crippen LogP contribution < -0.4 is 15.6 Å². The number of benzene rings is 1. The molecule has 1 aromatic carbocycles. The minimum absolute atomic E-state index is 0.0108. The molecule has 0 radical (unpaired) electrons. The first-order valence-corrected chi connectivity index (χ1v) is 13.0. The summed E-state index contributed by atoms with van der Waals surface area (Å²) in [5, 5.41) is 22.8. The number of carbonyl (C=O) groups excluding carboxylic acids is 1. The predicted octanol–water partition coefficient (Wildman–Crippen LogP) is 1.13. The SMILES string of the molecule is CC(C)(CO)CNC(=O)c1c(O)c2ncc(Cc3ccc(F)cc3)cc2n(CCNS(C)(=O)=O)c1=O. The second-order valence-electron chi connectivity index (χ2n) is 9.37. The van der Waals surface area contributed by atoms with E-state index in [0.717, 1.165) is 11.8 Å². The van der Waals surface area contributed by atoms with E-state index in [9.17, 15) is 32.6 Å². The fraction of sp³-hybridized carbons (Fsp3) is 0.375. The number of hydrogen-bond acceptors (Lipinski definition) is 7. The fourth-order valence-electron chi connectivity index (χ4n) is 3.52. The van der Waals surface area contributed by atoms with Gasteiger partial charge in [-0.15, -0.1) is 0 Å². The number of nitrogens with one attached hydrogen (secondary N) is 2. The lowest BCUT2D eigenvalue weighted by molar-refractivity contribution is 0.0906. The molecule has 36 heavy (non-hydrogen) atoms. The van der Waals surface area contributed by atoms with E-state index in [1.165, 1.54) is 22.9 Å². The molecule has 0 fully saturated rings. The van der Waals surface area contributed by atoms with Gasteiger partial charge in [0.15, 0.2) is 5.75 Å². The van der Waals surface area contributed by atoms with Crippen molar-refractivity contribution < 1.29 is 27.8 Å². The topological polar surface area (TPSA) is 151 Å². The molecule has 194 valence electrons.